The van der Waals surface area contributed by atoms with Gasteiger partial charge < -0.3 is 19.4 Å². The lowest BCUT2D eigenvalue weighted by molar-refractivity contribution is -0.131. The van der Waals surface area contributed by atoms with E-state index in [2.05, 4.69) is 15.1 Å². The molecule has 0 N–H and O–H groups in total. The number of amides is 2. The number of carbonyl (C=O) groups is 2. The Balaban J connectivity index is 1.20. The summed E-state index contributed by atoms with van der Waals surface area (Å²) >= 11 is 0. The maximum atomic E-state index is 13.3. The van der Waals surface area contributed by atoms with E-state index in [1.807, 2.05) is 41.3 Å². The van der Waals surface area contributed by atoms with Crippen molar-refractivity contribution in [1.29, 1.82) is 0 Å². The third kappa shape index (κ3) is 6.27. The van der Waals surface area contributed by atoms with E-state index in [-0.39, 0.29) is 24.2 Å². The fraction of sp³-hybridized carbons (Fsp3) is 0.379. The largest absolute Gasteiger partial charge is 0.497 e. The van der Waals surface area contributed by atoms with Crippen LogP contribution in [0.1, 0.15) is 29.6 Å². The van der Waals surface area contributed by atoms with Crippen molar-refractivity contribution < 1.29 is 18.7 Å². The molecule has 1 aromatic heterocycles. The van der Waals surface area contributed by atoms with E-state index in [0.29, 0.717) is 37.7 Å². The van der Waals surface area contributed by atoms with Gasteiger partial charge in [-0.3, -0.25) is 9.59 Å². The lowest BCUT2D eigenvalue weighted by Gasteiger charge is -2.27. The van der Waals surface area contributed by atoms with E-state index in [1.165, 1.54) is 24.3 Å². The summed E-state index contributed by atoms with van der Waals surface area (Å²) in [4.78, 5) is 32.0. The van der Waals surface area contributed by atoms with Crippen LogP contribution >= 0.6 is 0 Å². The minimum Gasteiger partial charge on any atom is -0.497 e. The molecule has 38 heavy (non-hydrogen) atoms. The second-order valence-electron chi connectivity index (χ2n) is 9.87. The van der Waals surface area contributed by atoms with Gasteiger partial charge >= 0.3 is 0 Å². The molecule has 2 aromatic carbocycles. The van der Waals surface area contributed by atoms with E-state index < -0.39 is 0 Å². The number of anilines is 1. The van der Waals surface area contributed by atoms with E-state index in [1.54, 1.807) is 12.0 Å². The number of rotatable bonds is 8. The molecule has 2 aliphatic rings. The third-order valence-corrected chi connectivity index (χ3v) is 7.07. The summed E-state index contributed by atoms with van der Waals surface area (Å²) in [7, 11) is 1.63. The van der Waals surface area contributed by atoms with Gasteiger partial charge in [0.15, 0.2) is 5.82 Å². The molecule has 198 valence electrons. The van der Waals surface area contributed by atoms with Crippen LogP contribution in [0.15, 0.2) is 60.7 Å². The number of nitrogens with zero attached hydrogens (tertiary/aromatic N) is 5. The van der Waals surface area contributed by atoms with Gasteiger partial charge in [-0.1, -0.05) is 12.1 Å². The van der Waals surface area contributed by atoms with Crippen molar-refractivity contribution in [3.63, 3.8) is 0 Å². The molecule has 0 unspecified atom stereocenters. The Hall–Kier alpha value is -4.01. The normalized spacial score (nSPS) is 15.6. The van der Waals surface area contributed by atoms with Crippen LogP contribution in [0.3, 0.4) is 0 Å². The van der Waals surface area contributed by atoms with Gasteiger partial charge in [0.25, 0.3) is 5.91 Å². The van der Waals surface area contributed by atoms with Crippen molar-refractivity contribution in [3.05, 3.63) is 72.0 Å². The molecule has 1 aliphatic carbocycles. The summed E-state index contributed by atoms with van der Waals surface area (Å²) in [5.74, 6) is 1.29. The molecule has 2 amide bonds. The summed E-state index contributed by atoms with van der Waals surface area (Å²) in [6, 6.07) is 17.1. The minimum absolute atomic E-state index is 0.0295. The van der Waals surface area contributed by atoms with Gasteiger partial charge in [-0.2, -0.15) is 0 Å². The summed E-state index contributed by atoms with van der Waals surface area (Å²) in [6.07, 6.45) is 2.93. The molecule has 0 spiro atoms. The molecule has 2 heterocycles. The van der Waals surface area contributed by atoms with Gasteiger partial charge in [0.2, 0.25) is 5.91 Å². The highest BCUT2D eigenvalue weighted by Crippen LogP contribution is 2.30. The Morgan fingerprint density at radius 3 is 2.53 bits per heavy atom. The van der Waals surface area contributed by atoms with Crippen molar-refractivity contribution in [2.45, 2.75) is 19.3 Å². The Morgan fingerprint density at radius 1 is 1.00 bits per heavy atom. The Morgan fingerprint density at radius 2 is 1.82 bits per heavy atom. The maximum absolute atomic E-state index is 13.3. The molecule has 1 saturated heterocycles. The molecule has 1 aliphatic heterocycles. The van der Waals surface area contributed by atoms with Gasteiger partial charge in [0, 0.05) is 43.9 Å². The number of aromatic nitrogens is 2. The Kier molecular flexibility index (Phi) is 7.81. The quantitative estimate of drug-likeness (QED) is 0.451. The predicted molar refractivity (Wildman–Crippen MR) is 142 cm³/mol. The topological polar surface area (TPSA) is 78.9 Å². The summed E-state index contributed by atoms with van der Waals surface area (Å²) < 4.78 is 18.6. The van der Waals surface area contributed by atoms with Crippen molar-refractivity contribution in [2.75, 3.05) is 51.3 Å². The number of methoxy groups -OCH3 is 1. The van der Waals surface area contributed by atoms with Gasteiger partial charge in [-0.15, -0.1) is 10.2 Å². The molecule has 5 rings (SSSR count). The lowest BCUT2D eigenvalue weighted by atomic mass is 10.1. The molecule has 2 fully saturated rings. The number of halogens is 1. The zero-order valence-electron chi connectivity index (χ0n) is 21.6. The van der Waals surface area contributed by atoms with E-state index in [4.69, 9.17) is 4.74 Å². The van der Waals surface area contributed by atoms with Crippen LogP contribution in [-0.4, -0.2) is 78.2 Å². The molecular formula is C29H32FN5O3. The van der Waals surface area contributed by atoms with Gasteiger partial charge in [-0.25, -0.2) is 4.39 Å². The zero-order chi connectivity index (χ0) is 26.5. The first-order valence-electron chi connectivity index (χ1n) is 13.1. The molecular weight excluding hydrogens is 485 g/mol. The fourth-order valence-electron chi connectivity index (χ4n) is 4.70. The SMILES string of the molecule is COc1cccc(-c2ccc(N3CCCN(C(=O)CN(CC4CC4)C(=O)c4ccc(F)cc4)CC3)nn2)c1. The first-order chi connectivity index (χ1) is 18.5. The van der Waals surface area contributed by atoms with Gasteiger partial charge in [0.1, 0.15) is 18.1 Å². The van der Waals surface area contributed by atoms with Crippen LogP contribution < -0.4 is 9.64 Å². The second kappa shape index (κ2) is 11.6. The van der Waals surface area contributed by atoms with Crippen LogP contribution in [0.2, 0.25) is 0 Å². The van der Waals surface area contributed by atoms with E-state index in [9.17, 15) is 14.0 Å². The van der Waals surface area contributed by atoms with Crippen LogP contribution in [-0.2, 0) is 4.79 Å². The average molecular weight is 518 g/mol. The van der Waals surface area contributed by atoms with Crippen molar-refractivity contribution in [3.8, 4) is 17.0 Å². The molecule has 0 bridgehead atoms. The zero-order valence-corrected chi connectivity index (χ0v) is 21.6. The van der Waals surface area contributed by atoms with Crippen LogP contribution in [0.4, 0.5) is 10.2 Å². The predicted octanol–water partition coefficient (Wildman–Crippen LogP) is 3.88. The number of hydrogen-bond acceptors (Lipinski definition) is 6. The van der Waals surface area contributed by atoms with Gasteiger partial charge in [-0.05, 0) is 73.7 Å². The Labute approximate surface area is 222 Å². The molecule has 0 atom stereocenters. The molecule has 8 nitrogen and oxygen atoms in total. The maximum Gasteiger partial charge on any atom is 0.254 e. The summed E-state index contributed by atoms with van der Waals surface area (Å²) in [6.45, 7) is 3.14. The lowest BCUT2D eigenvalue weighted by Crippen LogP contribution is -2.45. The van der Waals surface area contributed by atoms with Crippen molar-refractivity contribution in [1.82, 2.24) is 20.0 Å². The fourth-order valence-corrected chi connectivity index (χ4v) is 4.70. The number of benzene rings is 2. The van der Waals surface area contributed by atoms with E-state index >= 15 is 0 Å². The first kappa shape index (κ1) is 25.6. The number of hydrogen-bond donors (Lipinski definition) is 0. The first-order valence-corrected chi connectivity index (χ1v) is 13.1. The molecule has 0 radical (unpaired) electrons. The molecule has 3 aromatic rings. The molecule has 1 saturated carbocycles. The summed E-state index contributed by atoms with van der Waals surface area (Å²) in [5.41, 5.74) is 2.10. The molecule has 9 heteroatoms. The number of carbonyl (C=O) groups excluding carboxylic acids is 2. The van der Waals surface area contributed by atoms with Crippen molar-refractivity contribution >= 4 is 17.6 Å². The average Bonchev–Trinajstić information content (AvgIpc) is 3.80. The van der Waals surface area contributed by atoms with Crippen molar-refractivity contribution in [2.24, 2.45) is 5.92 Å². The number of ether oxygens (including phenoxy) is 1. The summed E-state index contributed by atoms with van der Waals surface area (Å²) in [5, 5.41) is 8.86. The Bertz CT molecular complexity index is 1260. The van der Waals surface area contributed by atoms with Gasteiger partial charge in [0.05, 0.1) is 12.8 Å². The van der Waals surface area contributed by atoms with E-state index in [0.717, 1.165) is 48.6 Å². The van der Waals surface area contributed by atoms with Crippen LogP contribution in [0.25, 0.3) is 11.3 Å². The standard InChI is InChI=1S/C29H32FN5O3/c1-38-25-5-2-4-23(18-25)26-12-13-27(32-31-26)33-14-3-15-34(17-16-33)28(36)20-35(19-21-6-7-21)29(37)22-8-10-24(30)11-9-22/h2,4-5,8-13,18,21H,3,6-7,14-17,19-20H2,1H3. The highest BCUT2D eigenvalue weighted by molar-refractivity contribution is 5.96. The smallest absolute Gasteiger partial charge is 0.254 e. The van der Waals surface area contributed by atoms with Crippen LogP contribution in [0.5, 0.6) is 5.75 Å². The second-order valence-corrected chi connectivity index (χ2v) is 9.87. The monoisotopic (exact) mass is 517 g/mol. The van der Waals surface area contributed by atoms with Crippen LogP contribution in [0, 0.1) is 11.7 Å². The third-order valence-electron chi connectivity index (χ3n) is 7.07. The highest BCUT2D eigenvalue weighted by Gasteiger charge is 2.30. The highest BCUT2D eigenvalue weighted by atomic mass is 19.1. The minimum atomic E-state index is -0.389.